The molecule has 0 spiro atoms. The van der Waals surface area contributed by atoms with Crippen LogP contribution in [0.3, 0.4) is 0 Å². The summed E-state index contributed by atoms with van der Waals surface area (Å²) in [6.07, 6.45) is 17.6. The van der Waals surface area contributed by atoms with E-state index in [4.69, 9.17) is 15.7 Å². The third-order valence-corrected chi connectivity index (χ3v) is 9.79. The monoisotopic (exact) mass is 464 g/mol. The number of terminal acetylenes is 1. The normalized spacial score (nSPS) is 39.9. The molecule has 2 N–H and O–H groups in total. The van der Waals surface area contributed by atoms with E-state index in [0.29, 0.717) is 30.1 Å². The maximum absolute atomic E-state index is 12.0. The quantitative estimate of drug-likeness (QED) is 0.493. The second-order valence-corrected chi connectivity index (χ2v) is 11.2. The molecule has 1 amide bonds. The molecule has 6 heteroatoms. The van der Waals surface area contributed by atoms with Crippen molar-refractivity contribution in [1.82, 2.24) is 5.32 Å². The first kappa shape index (κ1) is 23.2. The lowest BCUT2D eigenvalue weighted by molar-refractivity contribution is -0.125. The first-order valence-corrected chi connectivity index (χ1v) is 12.7. The van der Waals surface area contributed by atoms with Gasteiger partial charge in [0.25, 0.3) is 5.91 Å². The van der Waals surface area contributed by atoms with Crippen LogP contribution in [0.15, 0.2) is 39.6 Å². The third kappa shape index (κ3) is 3.69. The molecule has 0 unspecified atom stereocenters. The predicted octanol–water partition coefficient (Wildman–Crippen LogP) is 4.60. The van der Waals surface area contributed by atoms with Crippen molar-refractivity contribution >= 4 is 11.6 Å². The van der Waals surface area contributed by atoms with Crippen LogP contribution in [0.2, 0.25) is 0 Å². The van der Waals surface area contributed by atoms with Crippen molar-refractivity contribution in [2.75, 3.05) is 6.61 Å². The van der Waals surface area contributed by atoms with Crippen LogP contribution in [0.4, 0.5) is 0 Å². The van der Waals surface area contributed by atoms with Crippen molar-refractivity contribution in [3.8, 4) is 12.3 Å². The summed E-state index contributed by atoms with van der Waals surface area (Å²) < 4.78 is 5.21. The number of carbonyl (C=O) groups is 1. The van der Waals surface area contributed by atoms with E-state index in [2.05, 4.69) is 36.3 Å². The highest BCUT2D eigenvalue weighted by Gasteiger charge is 2.63. The van der Waals surface area contributed by atoms with Gasteiger partial charge in [-0.25, -0.2) is 0 Å². The number of amides is 1. The van der Waals surface area contributed by atoms with Crippen LogP contribution in [0.1, 0.15) is 71.0 Å². The summed E-state index contributed by atoms with van der Waals surface area (Å²) in [5.74, 6) is 5.01. The van der Waals surface area contributed by atoms with Gasteiger partial charge in [0.05, 0.1) is 18.5 Å². The van der Waals surface area contributed by atoms with E-state index in [-0.39, 0.29) is 23.3 Å². The minimum absolute atomic E-state index is 0.103. The van der Waals surface area contributed by atoms with E-state index >= 15 is 0 Å². The van der Waals surface area contributed by atoms with Gasteiger partial charge in [-0.2, -0.15) is 0 Å². The summed E-state index contributed by atoms with van der Waals surface area (Å²) in [5, 5.41) is 18.2. The summed E-state index contributed by atoms with van der Waals surface area (Å²) in [5.41, 5.74) is 1.45. The Morgan fingerprint density at radius 2 is 2.09 bits per heavy atom. The van der Waals surface area contributed by atoms with Crippen LogP contribution in [-0.4, -0.2) is 28.9 Å². The molecule has 1 aromatic rings. The molecule has 3 saturated carbocycles. The first-order chi connectivity index (χ1) is 16.3. The number of furan rings is 1. The Hall–Kier alpha value is -2.52. The zero-order valence-corrected chi connectivity index (χ0v) is 20.3. The van der Waals surface area contributed by atoms with Crippen LogP contribution in [0.5, 0.6) is 0 Å². The topological polar surface area (TPSA) is 84.1 Å². The highest BCUT2D eigenvalue weighted by atomic mass is 16.6. The van der Waals surface area contributed by atoms with Crippen molar-refractivity contribution in [2.24, 2.45) is 33.7 Å². The Kier molecular flexibility index (Phi) is 5.88. The van der Waals surface area contributed by atoms with Gasteiger partial charge in [-0.15, -0.1) is 6.42 Å². The molecular formula is C28H36N2O4. The van der Waals surface area contributed by atoms with E-state index in [0.717, 1.165) is 57.1 Å². The largest absolute Gasteiger partial charge is 0.467 e. The Morgan fingerprint density at radius 1 is 1.26 bits per heavy atom. The van der Waals surface area contributed by atoms with Crippen LogP contribution >= 0.6 is 0 Å². The number of hydrogen-bond donors (Lipinski definition) is 2. The van der Waals surface area contributed by atoms with Gasteiger partial charge in [0.1, 0.15) is 11.4 Å². The second-order valence-electron chi connectivity index (χ2n) is 11.2. The Labute approximate surface area is 202 Å². The van der Waals surface area contributed by atoms with Gasteiger partial charge in [0.2, 0.25) is 0 Å². The maximum atomic E-state index is 12.0. The summed E-state index contributed by atoms with van der Waals surface area (Å²) in [6.45, 7) is 4.91. The number of oxime groups is 1. The minimum atomic E-state index is -0.951. The highest BCUT2D eigenvalue weighted by molar-refractivity contribution is 5.96. The molecule has 5 rings (SSSR count). The van der Waals surface area contributed by atoms with Gasteiger partial charge in [0, 0.05) is 5.41 Å². The molecule has 6 nitrogen and oxygen atoms in total. The maximum Gasteiger partial charge on any atom is 0.261 e. The Morgan fingerprint density at radius 3 is 2.85 bits per heavy atom. The average molecular weight is 465 g/mol. The summed E-state index contributed by atoms with van der Waals surface area (Å²) >= 11 is 0. The van der Waals surface area contributed by atoms with E-state index in [1.165, 1.54) is 5.57 Å². The van der Waals surface area contributed by atoms with Crippen molar-refractivity contribution in [3.63, 3.8) is 0 Å². The number of nitrogens with one attached hydrogen (secondary N) is 1. The Bertz CT molecular complexity index is 1040. The molecule has 0 aliphatic heterocycles. The number of nitrogens with zero attached hydrogens (tertiary/aromatic N) is 1. The summed E-state index contributed by atoms with van der Waals surface area (Å²) in [4.78, 5) is 17.4. The zero-order chi connectivity index (χ0) is 24.0. The SMILES string of the molecule is C#C[C@@]1(O)CC[C@@H]2[C@@H]3CCC4=C/C(=N/OCC(=O)NCc5ccco5)CC[C@]4(C)[C@@H]3CC[C@@]21C. The molecule has 182 valence electrons. The average Bonchev–Trinajstić information content (AvgIpc) is 3.44. The van der Waals surface area contributed by atoms with Gasteiger partial charge in [-0.1, -0.05) is 30.5 Å². The lowest BCUT2D eigenvalue weighted by Gasteiger charge is -2.58. The van der Waals surface area contributed by atoms with E-state index in [1.807, 2.05) is 6.07 Å². The van der Waals surface area contributed by atoms with Gasteiger partial charge in [0.15, 0.2) is 6.61 Å². The summed E-state index contributed by atoms with van der Waals surface area (Å²) in [6, 6.07) is 3.61. The predicted molar refractivity (Wildman–Crippen MR) is 129 cm³/mol. The van der Waals surface area contributed by atoms with Crippen molar-refractivity contribution in [1.29, 1.82) is 0 Å². The smallest absolute Gasteiger partial charge is 0.261 e. The van der Waals surface area contributed by atoms with Crippen molar-refractivity contribution in [3.05, 3.63) is 35.8 Å². The van der Waals surface area contributed by atoms with E-state index in [9.17, 15) is 9.90 Å². The van der Waals surface area contributed by atoms with Crippen LogP contribution in [0.25, 0.3) is 0 Å². The molecule has 34 heavy (non-hydrogen) atoms. The molecular weight excluding hydrogens is 428 g/mol. The molecule has 6 atom stereocenters. The number of allylic oxidation sites excluding steroid dienone is 2. The van der Waals surface area contributed by atoms with Crippen molar-refractivity contribution < 1.29 is 19.2 Å². The summed E-state index contributed by atoms with van der Waals surface area (Å²) in [7, 11) is 0. The van der Waals surface area contributed by atoms with Gasteiger partial charge < -0.3 is 19.7 Å². The zero-order valence-electron chi connectivity index (χ0n) is 20.3. The number of aliphatic hydroxyl groups is 1. The van der Waals surface area contributed by atoms with Gasteiger partial charge in [-0.05, 0) is 92.7 Å². The molecule has 0 radical (unpaired) electrons. The number of hydrogen-bond acceptors (Lipinski definition) is 5. The molecule has 4 aliphatic rings. The molecule has 4 aliphatic carbocycles. The number of rotatable bonds is 5. The molecule has 0 aromatic carbocycles. The van der Waals surface area contributed by atoms with Crippen LogP contribution in [-0.2, 0) is 16.2 Å². The molecule has 0 saturated heterocycles. The fourth-order valence-corrected chi connectivity index (χ4v) is 7.72. The molecule has 3 fully saturated rings. The molecule has 1 heterocycles. The first-order valence-electron chi connectivity index (χ1n) is 12.7. The lowest BCUT2D eigenvalue weighted by atomic mass is 9.46. The minimum Gasteiger partial charge on any atom is -0.467 e. The van der Waals surface area contributed by atoms with Crippen molar-refractivity contribution in [2.45, 2.75) is 77.4 Å². The standard InChI is InChI=1S/C28H36N2O4/c1-4-28(32)14-11-24-22-8-7-19-16-20(9-12-26(19,2)23(22)10-13-27(24,28)3)30-34-18-25(31)29-17-21-6-5-15-33-21/h1,5-6,15-16,22-24,32H,7-14,17-18H2,2-3H3,(H,29,31)/b30-20+/t22-,23-,24-,26+,27+,28-/m1/s1. The fourth-order valence-electron chi connectivity index (χ4n) is 7.72. The van der Waals surface area contributed by atoms with Gasteiger partial charge >= 0.3 is 0 Å². The fraction of sp³-hybridized carbons (Fsp3) is 0.643. The van der Waals surface area contributed by atoms with Gasteiger partial charge in [-0.3, -0.25) is 4.79 Å². The molecule has 1 aromatic heterocycles. The van der Waals surface area contributed by atoms with Crippen LogP contribution < -0.4 is 5.32 Å². The van der Waals surface area contributed by atoms with E-state index in [1.54, 1.807) is 12.3 Å². The Balaban J connectivity index is 1.22. The lowest BCUT2D eigenvalue weighted by Crippen LogP contribution is -2.54. The van der Waals surface area contributed by atoms with Crippen LogP contribution in [0, 0.1) is 40.9 Å². The van der Waals surface area contributed by atoms with E-state index < -0.39 is 5.60 Å². The number of fused-ring (bicyclic) bond motifs is 5. The third-order valence-electron chi connectivity index (χ3n) is 9.79. The second kappa shape index (κ2) is 8.61. The molecule has 0 bridgehead atoms. The highest BCUT2D eigenvalue weighted by Crippen LogP contribution is 2.67. The number of carbonyl (C=O) groups excluding carboxylic acids is 1.